The van der Waals surface area contributed by atoms with Crippen LogP contribution in [-0.4, -0.2) is 74.0 Å². The maximum Gasteiger partial charge on any atom is 0.237 e. The molecule has 0 bridgehead atoms. The molecule has 2 amide bonds. The average molecular weight is 268 g/mol. The number of carbonyl (C=O) groups excluding carboxylic acids is 2. The largest absolute Gasteiger partial charge is 0.358 e. The van der Waals surface area contributed by atoms with E-state index in [1.165, 1.54) is 0 Å². The average Bonchev–Trinajstić information content (AvgIpc) is 2.71. The van der Waals surface area contributed by atoms with Crippen molar-refractivity contribution < 1.29 is 9.59 Å². The normalized spacial score (nSPS) is 25.1. The maximum absolute atomic E-state index is 12.3. The van der Waals surface area contributed by atoms with Crippen LogP contribution in [0.3, 0.4) is 0 Å². The summed E-state index contributed by atoms with van der Waals surface area (Å²) in [6.07, 6.45) is 2.85. The zero-order valence-corrected chi connectivity index (χ0v) is 11.7. The van der Waals surface area contributed by atoms with E-state index in [0.717, 1.165) is 52.0 Å². The quantitative estimate of drug-likeness (QED) is 0.690. The van der Waals surface area contributed by atoms with Crippen molar-refractivity contribution in [2.24, 2.45) is 0 Å². The van der Waals surface area contributed by atoms with E-state index >= 15 is 0 Å². The molecule has 19 heavy (non-hydrogen) atoms. The third kappa shape index (κ3) is 3.67. The summed E-state index contributed by atoms with van der Waals surface area (Å²) < 4.78 is 0. The molecular formula is C13H24N4O2. The second-order valence-corrected chi connectivity index (χ2v) is 5.23. The molecule has 2 aliphatic rings. The summed E-state index contributed by atoms with van der Waals surface area (Å²) in [5.74, 6) is 0.183. The van der Waals surface area contributed by atoms with Crippen LogP contribution in [0.15, 0.2) is 0 Å². The lowest BCUT2D eigenvalue weighted by atomic mass is 10.2. The fourth-order valence-electron chi connectivity index (χ4n) is 2.85. The summed E-state index contributed by atoms with van der Waals surface area (Å²) in [7, 11) is 1.65. The fraction of sp³-hybridized carbons (Fsp3) is 0.846. The molecule has 1 atom stereocenters. The number of amides is 2. The van der Waals surface area contributed by atoms with E-state index in [4.69, 9.17) is 0 Å². The molecule has 6 heteroatoms. The molecule has 2 heterocycles. The first kappa shape index (κ1) is 14.3. The number of nitrogens with zero attached hydrogens (tertiary/aromatic N) is 2. The van der Waals surface area contributed by atoms with Crippen LogP contribution in [0.4, 0.5) is 0 Å². The lowest BCUT2D eigenvalue weighted by Crippen LogP contribution is -2.47. The Bertz CT molecular complexity index is 327. The summed E-state index contributed by atoms with van der Waals surface area (Å²) >= 11 is 0. The third-order valence-corrected chi connectivity index (χ3v) is 3.94. The Balaban J connectivity index is 1.88. The molecule has 2 aliphatic heterocycles. The molecule has 2 rings (SSSR count). The first-order valence-corrected chi connectivity index (χ1v) is 7.16. The molecule has 2 saturated heterocycles. The summed E-state index contributed by atoms with van der Waals surface area (Å²) in [5, 5.41) is 5.97. The standard InChI is InChI=1S/C13H24N4O2/c1-14-13(19)11-4-2-7-17(11)10-12(18)16-8-3-5-15-6-9-16/h11,15H,2-10H2,1H3,(H,14,19). The summed E-state index contributed by atoms with van der Waals surface area (Å²) in [6.45, 7) is 4.66. The number of hydrogen-bond acceptors (Lipinski definition) is 4. The SMILES string of the molecule is CNC(=O)C1CCCN1CC(=O)N1CCCNCC1. The predicted molar refractivity (Wildman–Crippen MR) is 72.7 cm³/mol. The van der Waals surface area contributed by atoms with Gasteiger partial charge in [0.2, 0.25) is 11.8 Å². The summed E-state index contributed by atoms with van der Waals surface area (Å²) in [6, 6.07) is -0.126. The molecule has 0 saturated carbocycles. The van der Waals surface area contributed by atoms with Gasteiger partial charge >= 0.3 is 0 Å². The highest BCUT2D eigenvalue weighted by Gasteiger charge is 2.32. The van der Waals surface area contributed by atoms with Gasteiger partial charge in [0, 0.05) is 26.7 Å². The van der Waals surface area contributed by atoms with Crippen LogP contribution in [0, 0.1) is 0 Å². The van der Waals surface area contributed by atoms with Crippen molar-refractivity contribution in [2.75, 3.05) is 46.3 Å². The van der Waals surface area contributed by atoms with Gasteiger partial charge in [0.05, 0.1) is 12.6 Å². The molecule has 2 fully saturated rings. The van der Waals surface area contributed by atoms with Crippen molar-refractivity contribution in [3.05, 3.63) is 0 Å². The summed E-state index contributed by atoms with van der Waals surface area (Å²) in [5.41, 5.74) is 0. The Morgan fingerprint density at radius 1 is 1.21 bits per heavy atom. The minimum Gasteiger partial charge on any atom is -0.358 e. The van der Waals surface area contributed by atoms with Crippen molar-refractivity contribution in [1.82, 2.24) is 20.4 Å². The number of carbonyl (C=O) groups is 2. The van der Waals surface area contributed by atoms with Gasteiger partial charge < -0.3 is 15.5 Å². The van der Waals surface area contributed by atoms with Crippen LogP contribution in [0.1, 0.15) is 19.3 Å². The minimum absolute atomic E-state index is 0.0304. The van der Waals surface area contributed by atoms with Gasteiger partial charge in [-0.2, -0.15) is 0 Å². The van der Waals surface area contributed by atoms with Crippen molar-refractivity contribution in [3.63, 3.8) is 0 Å². The van der Waals surface area contributed by atoms with E-state index in [9.17, 15) is 9.59 Å². The van der Waals surface area contributed by atoms with Gasteiger partial charge in [-0.3, -0.25) is 14.5 Å². The zero-order valence-electron chi connectivity index (χ0n) is 11.7. The summed E-state index contributed by atoms with van der Waals surface area (Å²) in [4.78, 5) is 28.0. The Morgan fingerprint density at radius 3 is 2.84 bits per heavy atom. The molecule has 2 N–H and O–H groups in total. The van der Waals surface area contributed by atoms with Crippen molar-refractivity contribution in [3.8, 4) is 0 Å². The number of nitrogens with one attached hydrogen (secondary N) is 2. The first-order chi connectivity index (χ1) is 9.22. The molecule has 0 radical (unpaired) electrons. The zero-order chi connectivity index (χ0) is 13.7. The van der Waals surface area contributed by atoms with Crippen LogP contribution in [-0.2, 0) is 9.59 Å². The molecule has 0 aromatic rings. The lowest BCUT2D eigenvalue weighted by Gasteiger charge is -2.26. The monoisotopic (exact) mass is 268 g/mol. The highest BCUT2D eigenvalue weighted by molar-refractivity contribution is 5.83. The minimum atomic E-state index is -0.126. The molecular weight excluding hydrogens is 244 g/mol. The van der Waals surface area contributed by atoms with Crippen LogP contribution in [0.5, 0.6) is 0 Å². The van der Waals surface area contributed by atoms with Gasteiger partial charge in [-0.25, -0.2) is 0 Å². The topological polar surface area (TPSA) is 64.7 Å². The molecule has 0 aromatic heterocycles. The van der Waals surface area contributed by atoms with Gasteiger partial charge in [-0.05, 0) is 32.4 Å². The molecule has 6 nitrogen and oxygen atoms in total. The van der Waals surface area contributed by atoms with Gasteiger partial charge in [0.15, 0.2) is 0 Å². The van der Waals surface area contributed by atoms with Crippen LogP contribution >= 0.6 is 0 Å². The van der Waals surface area contributed by atoms with E-state index in [-0.39, 0.29) is 17.9 Å². The predicted octanol–water partition coefficient (Wildman–Crippen LogP) is -0.981. The molecule has 0 spiro atoms. The van der Waals surface area contributed by atoms with Crippen molar-refractivity contribution in [1.29, 1.82) is 0 Å². The Hall–Kier alpha value is -1.14. The number of likely N-dealkylation sites (N-methyl/N-ethyl adjacent to an activating group) is 1. The smallest absolute Gasteiger partial charge is 0.237 e. The first-order valence-electron chi connectivity index (χ1n) is 7.16. The van der Waals surface area contributed by atoms with Crippen LogP contribution in [0.25, 0.3) is 0 Å². The van der Waals surface area contributed by atoms with Gasteiger partial charge in [0.1, 0.15) is 0 Å². The number of hydrogen-bond donors (Lipinski definition) is 2. The molecule has 0 aliphatic carbocycles. The van der Waals surface area contributed by atoms with Crippen molar-refractivity contribution >= 4 is 11.8 Å². The van der Waals surface area contributed by atoms with Crippen LogP contribution in [0.2, 0.25) is 0 Å². The van der Waals surface area contributed by atoms with E-state index < -0.39 is 0 Å². The van der Waals surface area contributed by atoms with E-state index in [0.29, 0.717) is 6.54 Å². The fourth-order valence-corrected chi connectivity index (χ4v) is 2.85. The van der Waals surface area contributed by atoms with E-state index in [2.05, 4.69) is 10.6 Å². The highest BCUT2D eigenvalue weighted by Crippen LogP contribution is 2.17. The second-order valence-electron chi connectivity index (χ2n) is 5.23. The lowest BCUT2D eigenvalue weighted by molar-refractivity contribution is -0.133. The Kier molecular flexibility index (Phi) is 5.15. The van der Waals surface area contributed by atoms with Gasteiger partial charge in [-0.15, -0.1) is 0 Å². The van der Waals surface area contributed by atoms with Crippen LogP contribution < -0.4 is 10.6 Å². The molecule has 1 unspecified atom stereocenters. The Morgan fingerprint density at radius 2 is 2.05 bits per heavy atom. The molecule has 0 aromatic carbocycles. The third-order valence-electron chi connectivity index (χ3n) is 3.94. The van der Waals surface area contributed by atoms with Gasteiger partial charge in [0.25, 0.3) is 0 Å². The van der Waals surface area contributed by atoms with Gasteiger partial charge in [-0.1, -0.05) is 0 Å². The van der Waals surface area contributed by atoms with E-state index in [1.54, 1.807) is 7.05 Å². The number of likely N-dealkylation sites (tertiary alicyclic amines) is 1. The number of rotatable bonds is 3. The molecule has 108 valence electrons. The van der Waals surface area contributed by atoms with Crippen molar-refractivity contribution in [2.45, 2.75) is 25.3 Å². The Labute approximate surface area is 114 Å². The highest BCUT2D eigenvalue weighted by atomic mass is 16.2. The van der Waals surface area contributed by atoms with E-state index in [1.807, 2.05) is 9.80 Å². The maximum atomic E-state index is 12.3. The second kappa shape index (κ2) is 6.86.